The molecule has 126 valence electrons. The SMILES string of the molecule is O=C(Nc1cccc(Cl)c1)O/N=C1\CCCCC1Cc1ccco1. The van der Waals surface area contributed by atoms with Crippen molar-refractivity contribution in [2.75, 3.05) is 5.32 Å². The van der Waals surface area contributed by atoms with Gasteiger partial charge in [0.1, 0.15) is 5.76 Å². The van der Waals surface area contributed by atoms with Crippen LogP contribution >= 0.6 is 11.6 Å². The second-order valence-corrected chi connectivity index (χ2v) is 6.26. The van der Waals surface area contributed by atoms with Gasteiger partial charge in [-0.3, -0.25) is 10.2 Å². The summed E-state index contributed by atoms with van der Waals surface area (Å²) in [6.45, 7) is 0. The molecular weight excluding hydrogens is 328 g/mol. The number of rotatable bonds is 4. The Kier molecular flexibility index (Phi) is 5.54. The zero-order valence-corrected chi connectivity index (χ0v) is 14.0. The second kappa shape index (κ2) is 8.02. The molecule has 0 radical (unpaired) electrons. The summed E-state index contributed by atoms with van der Waals surface area (Å²) in [6.07, 6.45) is 5.92. The van der Waals surface area contributed by atoms with E-state index in [4.69, 9.17) is 20.9 Å². The number of hydrogen-bond acceptors (Lipinski definition) is 4. The summed E-state index contributed by atoms with van der Waals surface area (Å²) in [5.41, 5.74) is 1.49. The molecule has 5 nitrogen and oxygen atoms in total. The fraction of sp³-hybridized carbons (Fsp3) is 0.333. The van der Waals surface area contributed by atoms with E-state index in [0.29, 0.717) is 10.7 Å². The first-order chi connectivity index (χ1) is 11.7. The van der Waals surface area contributed by atoms with E-state index in [1.54, 1.807) is 30.5 Å². The standard InChI is InChI=1S/C18H19ClN2O3/c19-14-6-3-7-15(12-14)20-18(22)24-21-17-9-2-1-5-13(17)11-16-8-4-10-23-16/h3-4,6-8,10,12-13H,1-2,5,9,11H2,(H,20,22)/b21-17+. The van der Waals surface area contributed by atoms with Crippen LogP contribution in [0.25, 0.3) is 0 Å². The van der Waals surface area contributed by atoms with Gasteiger partial charge in [0.2, 0.25) is 0 Å². The van der Waals surface area contributed by atoms with E-state index in [9.17, 15) is 4.79 Å². The van der Waals surface area contributed by atoms with Crippen molar-refractivity contribution in [3.05, 3.63) is 53.4 Å². The van der Waals surface area contributed by atoms with Gasteiger partial charge in [0.25, 0.3) is 0 Å². The van der Waals surface area contributed by atoms with Crippen molar-refractivity contribution >= 4 is 29.1 Å². The van der Waals surface area contributed by atoms with Crippen LogP contribution in [0.5, 0.6) is 0 Å². The number of anilines is 1. The minimum absolute atomic E-state index is 0.254. The summed E-state index contributed by atoms with van der Waals surface area (Å²) in [6, 6.07) is 10.7. The van der Waals surface area contributed by atoms with Gasteiger partial charge in [0.15, 0.2) is 0 Å². The number of carbonyl (C=O) groups is 1. The van der Waals surface area contributed by atoms with Crippen molar-refractivity contribution in [3.8, 4) is 0 Å². The number of nitrogens with one attached hydrogen (secondary N) is 1. The Labute approximate surface area is 145 Å². The molecule has 24 heavy (non-hydrogen) atoms. The largest absolute Gasteiger partial charge is 0.469 e. The predicted molar refractivity (Wildman–Crippen MR) is 93.4 cm³/mol. The molecule has 6 heteroatoms. The van der Waals surface area contributed by atoms with Gasteiger partial charge in [0, 0.05) is 23.0 Å². The third-order valence-corrected chi connectivity index (χ3v) is 4.29. The highest BCUT2D eigenvalue weighted by molar-refractivity contribution is 6.30. The molecule has 3 rings (SSSR count). The van der Waals surface area contributed by atoms with E-state index < -0.39 is 6.09 Å². The Balaban J connectivity index is 1.59. The number of oxime groups is 1. The van der Waals surface area contributed by atoms with Crippen LogP contribution in [0.2, 0.25) is 5.02 Å². The van der Waals surface area contributed by atoms with Crippen LogP contribution in [0.4, 0.5) is 10.5 Å². The molecule has 0 saturated heterocycles. The van der Waals surface area contributed by atoms with Crippen molar-refractivity contribution in [3.63, 3.8) is 0 Å². The van der Waals surface area contributed by atoms with Gasteiger partial charge in [0.05, 0.1) is 12.0 Å². The zero-order valence-electron chi connectivity index (χ0n) is 13.2. The number of benzene rings is 1. The van der Waals surface area contributed by atoms with Gasteiger partial charge in [-0.25, -0.2) is 4.79 Å². The summed E-state index contributed by atoms with van der Waals surface area (Å²) in [7, 11) is 0. The first kappa shape index (κ1) is 16.6. The van der Waals surface area contributed by atoms with Crippen molar-refractivity contribution < 1.29 is 14.0 Å². The molecule has 1 amide bonds. The highest BCUT2D eigenvalue weighted by Gasteiger charge is 2.23. The molecule has 1 fully saturated rings. The van der Waals surface area contributed by atoms with Crippen LogP contribution in [0.1, 0.15) is 31.4 Å². The van der Waals surface area contributed by atoms with Gasteiger partial charge >= 0.3 is 6.09 Å². The van der Waals surface area contributed by atoms with Crippen LogP contribution in [-0.2, 0) is 11.3 Å². The molecule has 1 atom stereocenters. The fourth-order valence-electron chi connectivity index (χ4n) is 2.89. The smallest absolute Gasteiger partial charge is 0.437 e. The molecule has 1 N–H and O–H groups in total. The van der Waals surface area contributed by atoms with Crippen LogP contribution in [0.3, 0.4) is 0 Å². The summed E-state index contributed by atoms with van der Waals surface area (Å²) in [4.78, 5) is 16.9. The highest BCUT2D eigenvalue weighted by Crippen LogP contribution is 2.25. The Morgan fingerprint density at radius 1 is 1.33 bits per heavy atom. The van der Waals surface area contributed by atoms with Crippen molar-refractivity contribution in [2.24, 2.45) is 11.1 Å². The maximum Gasteiger partial charge on any atom is 0.437 e. The van der Waals surface area contributed by atoms with Gasteiger partial charge in [-0.1, -0.05) is 29.2 Å². The molecule has 1 saturated carbocycles. The molecule has 0 bridgehead atoms. The van der Waals surface area contributed by atoms with Crippen LogP contribution in [0, 0.1) is 5.92 Å². The normalized spacial score (nSPS) is 19.2. The number of nitrogens with zero attached hydrogens (tertiary/aromatic N) is 1. The number of amides is 1. The first-order valence-electron chi connectivity index (χ1n) is 8.03. The van der Waals surface area contributed by atoms with Gasteiger partial charge in [-0.05, 0) is 49.6 Å². The lowest BCUT2D eigenvalue weighted by molar-refractivity contribution is 0.164. The Morgan fingerprint density at radius 2 is 2.25 bits per heavy atom. The minimum Gasteiger partial charge on any atom is -0.469 e. The molecule has 1 aromatic heterocycles. The quantitative estimate of drug-likeness (QED) is 0.605. The van der Waals surface area contributed by atoms with Crippen LogP contribution in [0.15, 0.2) is 52.2 Å². The van der Waals surface area contributed by atoms with Crippen molar-refractivity contribution in [1.82, 2.24) is 0 Å². The van der Waals surface area contributed by atoms with Gasteiger partial charge < -0.3 is 4.42 Å². The Hall–Kier alpha value is -2.27. The Morgan fingerprint density at radius 3 is 3.04 bits per heavy atom. The third kappa shape index (κ3) is 4.61. The summed E-state index contributed by atoms with van der Waals surface area (Å²) in [5.74, 6) is 1.18. The molecular formula is C18H19ClN2O3. The Bertz CT molecular complexity index is 713. The zero-order chi connectivity index (χ0) is 16.8. The molecule has 1 aliphatic rings. The van der Waals surface area contributed by atoms with E-state index in [1.165, 1.54) is 0 Å². The number of furan rings is 1. The monoisotopic (exact) mass is 346 g/mol. The average Bonchev–Trinajstić information content (AvgIpc) is 3.07. The van der Waals surface area contributed by atoms with Gasteiger partial charge in [-0.2, -0.15) is 0 Å². The third-order valence-electron chi connectivity index (χ3n) is 4.05. The lowest BCUT2D eigenvalue weighted by atomic mass is 9.84. The van der Waals surface area contributed by atoms with Crippen molar-refractivity contribution in [2.45, 2.75) is 32.1 Å². The molecule has 0 aliphatic heterocycles. The van der Waals surface area contributed by atoms with Gasteiger partial charge in [-0.15, -0.1) is 0 Å². The number of carbonyl (C=O) groups excluding carboxylic acids is 1. The molecule has 1 heterocycles. The molecule has 1 aliphatic carbocycles. The van der Waals surface area contributed by atoms with E-state index in [0.717, 1.165) is 43.6 Å². The summed E-state index contributed by atoms with van der Waals surface area (Å²) >= 11 is 5.89. The second-order valence-electron chi connectivity index (χ2n) is 5.82. The first-order valence-corrected chi connectivity index (χ1v) is 8.41. The van der Waals surface area contributed by atoms with E-state index in [-0.39, 0.29) is 5.92 Å². The van der Waals surface area contributed by atoms with Crippen LogP contribution in [-0.4, -0.2) is 11.8 Å². The minimum atomic E-state index is -0.618. The van der Waals surface area contributed by atoms with E-state index in [1.807, 2.05) is 12.1 Å². The summed E-state index contributed by atoms with van der Waals surface area (Å²) in [5, 5.41) is 7.25. The average molecular weight is 347 g/mol. The van der Waals surface area contributed by atoms with Crippen LogP contribution < -0.4 is 5.32 Å². The molecule has 1 aromatic carbocycles. The lowest BCUT2D eigenvalue weighted by Gasteiger charge is -2.22. The lowest BCUT2D eigenvalue weighted by Crippen LogP contribution is -2.23. The topological polar surface area (TPSA) is 63.8 Å². The fourth-order valence-corrected chi connectivity index (χ4v) is 3.08. The van der Waals surface area contributed by atoms with Crippen molar-refractivity contribution in [1.29, 1.82) is 0 Å². The molecule has 0 spiro atoms. The summed E-state index contributed by atoms with van der Waals surface area (Å²) < 4.78 is 5.41. The number of hydrogen-bond donors (Lipinski definition) is 1. The van der Waals surface area contributed by atoms with E-state index in [2.05, 4.69) is 10.5 Å². The molecule has 2 aromatic rings. The molecule has 1 unspecified atom stereocenters. The van der Waals surface area contributed by atoms with E-state index >= 15 is 0 Å². The maximum atomic E-state index is 11.9. The highest BCUT2D eigenvalue weighted by atomic mass is 35.5. The maximum absolute atomic E-state index is 11.9. The number of halogens is 1. The predicted octanol–water partition coefficient (Wildman–Crippen LogP) is 5.27.